The minimum absolute atomic E-state index is 0.306. The molecule has 0 amide bonds. The maximum absolute atomic E-state index is 8.81. The molecule has 0 bridgehead atoms. The highest BCUT2D eigenvalue weighted by Crippen LogP contribution is 2.31. The van der Waals surface area contributed by atoms with Gasteiger partial charge in [-0.25, -0.2) is 0 Å². The Bertz CT molecular complexity index is 83.3. The Morgan fingerprint density at radius 3 is 2.80 bits per heavy atom. The van der Waals surface area contributed by atoms with Crippen molar-refractivity contribution in [3.63, 3.8) is 0 Å². The molecule has 0 aromatic heterocycles. The summed E-state index contributed by atoms with van der Waals surface area (Å²) in [7, 11) is 0. The van der Waals surface area contributed by atoms with Gasteiger partial charge in [-0.2, -0.15) is 0 Å². The van der Waals surface area contributed by atoms with Gasteiger partial charge in [-0.15, -0.1) is 0 Å². The maximum Gasteiger partial charge on any atom is 0.0745 e. The summed E-state index contributed by atoms with van der Waals surface area (Å²) in [6.45, 7) is 3.07. The Labute approximate surface area is 62.2 Å². The summed E-state index contributed by atoms with van der Waals surface area (Å²) in [5.74, 6) is 0.939. The SMILES string of the molecule is CC(O)COCCC1CC1. The first-order valence-corrected chi connectivity index (χ1v) is 4.05. The van der Waals surface area contributed by atoms with Crippen LogP contribution in [-0.4, -0.2) is 24.4 Å². The van der Waals surface area contributed by atoms with Crippen molar-refractivity contribution in [1.29, 1.82) is 0 Å². The van der Waals surface area contributed by atoms with Gasteiger partial charge < -0.3 is 9.84 Å². The zero-order chi connectivity index (χ0) is 7.40. The third kappa shape index (κ3) is 3.85. The quantitative estimate of drug-likeness (QED) is 0.587. The van der Waals surface area contributed by atoms with Gasteiger partial charge in [-0.05, 0) is 19.3 Å². The van der Waals surface area contributed by atoms with E-state index < -0.39 is 0 Å². The van der Waals surface area contributed by atoms with E-state index in [0.717, 1.165) is 12.5 Å². The van der Waals surface area contributed by atoms with E-state index in [1.54, 1.807) is 6.92 Å². The molecule has 0 heterocycles. The summed E-state index contributed by atoms with van der Waals surface area (Å²) >= 11 is 0. The van der Waals surface area contributed by atoms with E-state index in [1.165, 1.54) is 19.3 Å². The van der Waals surface area contributed by atoms with Crippen LogP contribution in [0.25, 0.3) is 0 Å². The van der Waals surface area contributed by atoms with E-state index in [0.29, 0.717) is 6.61 Å². The first-order chi connectivity index (χ1) is 4.79. The Morgan fingerprint density at radius 1 is 1.60 bits per heavy atom. The first-order valence-electron chi connectivity index (χ1n) is 4.05. The van der Waals surface area contributed by atoms with Gasteiger partial charge in [-0.1, -0.05) is 12.8 Å². The lowest BCUT2D eigenvalue weighted by Gasteiger charge is -2.04. The summed E-state index contributed by atoms with van der Waals surface area (Å²) in [5, 5.41) is 8.81. The highest BCUT2D eigenvalue weighted by Gasteiger charge is 2.20. The molecule has 1 N–H and O–H groups in total. The van der Waals surface area contributed by atoms with E-state index >= 15 is 0 Å². The molecule has 1 rings (SSSR count). The lowest BCUT2D eigenvalue weighted by atomic mass is 10.3. The number of hydrogen-bond donors (Lipinski definition) is 1. The van der Waals surface area contributed by atoms with Gasteiger partial charge in [-0.3, -0.25) is 0 Å². The van der Waals surface area contributed by atoms with Crippen molar-refractivity contribution in [2.24, 2.45) is 5.92 Å². The van der Waals surface area contributed by atoms with Crippen molar-refractivity contribution < 1.29 is 9.84 Å². The first kappa shape index (κ1) is 8.02. The van der Waals surface area contributed by atoms with E-state index in [1.807, 2.05) is 0 Å². The van der Waals surface area contributed by atoms with Crippen LogP contribution in [0.3, 0.4) is 0 Å². The van der Waals surface area contributed by atoms with Crippen LogP contribution in [0.5, 0.6) is 0 Å². The number of aliphatic hydroxyl groups is 1. The number of rotatable bonds is 5. The average molecular weight is 144 g/mol. The van der Waals surface area contributed by atoms with E-state index in [9.17, 15) is 0 Å². The van der Waals surface area contributed by atoms with Crippen molar-refractivity contribution in [2.75, 3.05) is 13.2 Å². The van der Waals surface area contributed by atoms with Crippen LogP contribution < -0.4 is 0 Å². The largest absolute Gasteiger partial charge is 0.391 e. The molecule has 60 valence electrons. The van der Waals surface area contributed by atoms with Crippen molar-refractivity contribution in [3.05, 3.63) is 0 Å². The summed E-state index contributed by atoms with van der Waals surface area (Å²) in [6.07, 6.45) is 3.65. The topological polar surface area (TPSA) is 29.5 Å². The molecule has 10 heavy (non-hydrogen) atoms. The molecule has 0 aromatic rings. The monoisotopic (exact) mass is 144 g/mol. The Kier molecular flexibility index (Phi) is 3.16. The van der Waals surface area contributed by atoms with E-state index in [2.05, 4.69) is 0 Å². The second-order valence-electron chi connectivity index (χ2n) is 3.16. The molecule has 1 aliphatic rings. The third-order valence-corrected chi connectivity index (χ3v) is 1.73. The second kappa shape index (κ2) is 3.94. The fourth-order valence-electron chi connectivity index (χ4n) is 0.910. The van der Waals surface area contributed by atoms with E-state index in [-0.39, 0.29) is 6.10 Å². The normalized spacial score (nSPS) is 21.0. The van der Waals surface area contributed by atoms with Crippen molar-refractivity contribution in [3.8, 4) is 0 Å². The number of ether oxygens (including phenoxy) is 1. The fraction of sp³-hybridized carbons (Fsp3) is 1.00. The zero-order valence-electron chi connectivity index (χ0n) is 6.55. The molecule has 1 aliphatic carbocycles. The smallest absolute Gasteiger partial charge is 0.0745 e. The molecule has 1 atom stereocenters. The summed E-state index contributed by atoms with van der Waals surface area (Å²) < 4.78 is 5.20. The minimum atomic E-state index is -0.306. The summed E-state index contributed by atoms with van der Waals surface area (Å²) in [4.78, 5) is 0. The molecule has 0 spiro atoms. The highest BCUT2D eigenvalue weighted by atomic mass is 16.5. The van der Waals surface area contributed by atoms with Crippen molar-refractivity contribution >= 4 is 0 Å². The third-order valence-electron chi connectivity index (χ3n) is 1.73. The molecule has 0 radical (unpaired) electrons. The van der Waals surface area contributed by atoms with Crippen LogP contribution in [0.1, 0.15) is 26.2 Å². The van der Waals surface area contributed by atoms with Crippen molar-refractivity contribution in [1.82, 2.24) is 0 Å². The van der Waals surface area contributed by atoms with Crippen LogP contribution in [-0.2, 0) is 4.74 Å². The van der Waals surface area contributed by atoms with Gasteiger partial charge in [0.1, 0.15) is 0 Å². The predicted molar refractivity (Wildman–Crippen MR) is 39.8 cm³/mol. The molecule has 2 nitrogen and oxygen atoms in total. The minimum Gasteiger partial charge on any atom is -0.391 e. The maximum atomic E-state index is 8.81. The molecule has 1 unspecified atom stereocenters. The van der Waals surface area contributed by atoms with Gasteiger partial charge in [0.05, 0.1) is 12.7 Å². The Hall–Kier alpha value is -0.0800. The van der Waals surface area contributed by atoms with Gasteiger partial charge in [0.25, 0.3) is 0 Å². The fourth-order valence-corrected chi connectivity index (χ4v) is 0.910. The zero-order valence-corrected chi connectivity index (χ0v) is 6.55. The van der Waals surface area contributed by atoms with Crippen LogP contribution in [0.4, 0.5) is 0 Å². The second-order valence-corrected chi connectivity index (χ2v) is 3.16. The van der Waals surface area contributed by atoms with Gasteiger partial charge in [0.2, 0.25) is 0 Å². The predicted octanol–water partition coefficient (Wildman–Crippen LogP) is 1.18. The van der Waals surface area contributed by atoms with E-state index in [4.69, 9.17) is 9.84 Å². The Balaban J connectivity index is 1.76. The van der Waals surface area contributed by atoms with Crippen LogP contribution in [0.15, 0.2) is 0 Å². The van der Waals surface area contributed by atoms with Gasteiger partial charge in [0, 0.05) is 6.61 Å². The molecule has 0 saturated heterocycles. The molecular weight excluding hydrogens is 128 g/mol. The highest BCUT2D eigenvalue weighted by molar-refractivity contribution is 4.72. The lowest BCUT2D eigenvalue weighted by Crippen LogP contribution is -2.11. The molecule has 0 aliphatic heterocycles. The summed E-state index contributed by atoms with van der Waals surface area (Å²) in [6, 6.07) is 0. The average Bonchev–Trinajstić information content (AvgIpc) is 2.62. The molecule has 1 fully saturated rings. The number of aliphatic hydroxyl groups excluding tert-OH is 1. The van der Waals surface area contributed by atoms with Gasteiger partial charge >= 0.3 is 0 Å². The molecule has 1 saturated carbocycles. The van der Waals surface area contributed by atoms with Crippen LogP contribution in [0, 0.1) is 5.92 Å². The molecule has 2 heteroatoms. The lowest BCUT2D eigenvalue weighted by molar-refractivity contribution is 0.0437. The Morgan fingerprint density at radius 2 is 2.30 bits per heavy atom. The van der Waals surface area contributed by atoms with Crippen LogP contribution in [0.2, 0.25) is 0 Å². The van der Waals surface area contributed by atoms with Gasteiger partial charge in [0.15, 0.2) is 0 Å². The number of hydrogen-bond acceptors (Lipinski definition) is 2. The molecule has 0 aromatic carbocycles. The van der Waals surface area contributed by atoms with Crippen LogP contribution >= 0.6 is 0 Å². The molecular formula is C8H16O2. The van der Waals surface area contributed by atoms with Crippen molar-refractivity contribution in [2.45, 2.75) is 32.3 Å². The summed E-state index contributed by atoms with van der Waals surface area (Å²) in [5.41, 5.74) is 0. The standard InChI is InChI=1S/C8H16O2/c1-7(9)6-10-5-4-8-2-3-8/h7-9H,2-6H2,1H3.